The molecule has 1 heterocycles. The smallest absolute Gasteiger partial charge is 0.308 e. The summed E-state index contributed by atoms with van der Waals surface area (Å²) in [5.74, 6) is 0. The zero-order valence-electron chi connectivity index (χ0n) is 13.3. The highest BCUT2D eigenvalue weighted by Crippen LogP contribution is 2.46. The summed E-state index contributed by atoms with van der Waals surface area (Å²) in [6, 6.07) is 12.2. The highest BCUT2D eigenvalue weighted by Gasteiger charge is 2.27. The molecule has 3 rings (SSSR count). The van der Waals surface area contributed by atoms with Crippen LogP contribution in [-0.2, 0) is 0 Å². The molecule has 0 fully saturated rings. The summed E-state index contributed by atoms with van der Waals surface area (Å²) >= 11 is 1.23. The van der Waals surface area contributed by atoms with Crippen LogP contribution in [0, 0.1) is 32.8 Å². The third-order valence-corrected chi connectivity index (χ3v) is 4.83. The summed E-state index contributed by atoms with van der Waals surface area (Å²) in [5.41, 5.74) is 1.02. The van der Waals surface area contributed by atoms with Gasteiger partial charge in [0.2, 0.25) is 0 Å². The Kier molecular flexibility index (Phi) is 4.14. The van der Waals surface area contributed by atoms with Crippen molar-refractivity contribution >= 4 is 34.4 Å². The van der Waals surface area contributed by atoms with Crippen molar-refractivity contribution in [2.24, 2.45) is 4.99 Å². The van der Waals surface area contributed by atoms with Gasteiger partial charge in [0.1, 0.15) is 28.3 Å². The van der Waals surface area contributed by atoms with E-state index < -0.39 is 4.92 Å². The summed E-state index contributed by atoms with van der Waals surface area (Å²) in [5, 5.41) is 30.8. The number of rotatable bonds is 2. The second kappa shape index (κ2) is 6.27. The second-order valence-corrected chi connectivity index (χ2v) is 6.48. The maximum atomic E-state index is 11.6. The van der Waals surface area contributed by atoms with Gasteiger partial charge < -0.3 is 4.90 Å². The van der Waals surface area contributed by atoms with E-state index in [0.717, 1.165) is 0 Å². The second-order valence-electron chi connectivity index (χ2n) is 5.43. The van der Waals surface area contributed by atoms with E-state index in [-0.39, 0.29) is 11.3 Å². The van der Waals surface area contributed by atoms with Crippen LogP contribution >= 0.6 is 11.8 Å². The molecule has 2 aromatic carbocycles. The summed E-state index contributed by atoms with van der Waals surface area (Å²) in [6.07, 6.45) is 0. The molecular weight excluding hydrogens is 338 g/mol. The number of nitrogens with zero attached hydrogens (tertiary/aromatic N) is 5. The molecule has 25 heavy (non-hydrogen) atoms. The summed E-state index contributed by atoms with van der Waals surface area (Å²) in [6.45, 7) is 0. The fraction of sp³-hybridized carbons (Fsp3) is 0.118. The molecule has 1 aliphatic heterocycles. The zero-order valence-corrected chi connectivity index (χ0v) is 14.2. The van der Waals surface area contributed by atoms with Crippen molar-refractivity contribution in [1.82, 2.24) is 0 Å². The first-order valence-corrected chi connectivity index (χ1v) is 7.97. The van der Waals surface area contributed by atoms with Gasteiger partial charge in [0.15, 0.2) is 0 Å². The first-order valence-electron chi connectivity index (χ1n) is 7.16. The van der Waals surface area contributed by atoms with Crippen LogP contribution in [0.1, 0.15) is 0 Å². The summed E-state index contributed by atoms with van der Waals surface area (Å²) < 4.78 is 0. The molecule has 0 unspecified atom stereocenters. The topological polar surface area (TPSA) is 106 Å². The molecule has 0 saturated carbocycles. The Bertz CT molecular complexity index is 1090. The largest absolute Gasteiger partial charge is 0.372 e. The van der Waals surface area contributed by atoms with Gasteiger partial charge in [-0.05, 0) is 24.3 Å². The number of benzene rings is 2. The van der Waals surface area contributed by atoms with Crippen molar-refractivity contribution in [3.8, 4) is 12.1 Å². The van der Waals surface area contributed by atoms with Crippen LogP contribution in [0.3, 0.4) is 0 Å². The number of nitro groups is 1. The van der Waals surface area contributed by atoms with Crippen molar-refractivity contribution in [3.05, 3.63) is 51.0 Å². The molecule has 0 bridgehead atoms. The SMILES string of the molecule is CN(C)c1ccc2c(c1[N+](=O)[O-])Sc1cc(=C(C#N)C#N)ccc1=N2. The zero-order chi connectivity index (χ0) is 18.1. The van der Waals surface area contributed by atoms with Crippen molar-refractivity contribution < 1.29 is 4.92 Å². The van der Waals surface area contributed by atoms with Crippen LogP contribution < -0.4 is 15.5 Å². The molecule has 0 N–H and O–H groups in total. The van der Waals surface area contributed by atoms with E-state index in [4.69, 9.17) is 10.5 Å². The third-order valence-electron chi connectivity index (χ3n) is 3.68. The Morgan fingerprint density at radius 3 is 2.56 bits per heavy atom. The number of anilines is 1. The van der Waals surface area contributed by atoms with Gasteiger partial charge in [-0.25, -0.2) is 4.99 Å². The lowest BCUT2D eigenvalue weighted by molar-refractivity contribution is -0.386. The minimum Gasteiger partial charge on any atom is -0.372 e. The van der Waals surface area contributed by atoms with Crippen LogP contribution in [0.5, 0.6) is 0 Å². The molecule has 0 atom stereocenters. The molecule has 0 radical (unpaired) electrons. The Morgan fingerprint density at radius 2 is 1.96 bits per heavy atom. The van der Waals surface area contributed by atoms with Gasteiger partial charge in [0.25, 0.3) is 0 Å². The fourth-order valence-corrected chi connectivity index (χ4v) is 3.63. The predicted octanol–water partition coefficient (Wildman–Crippen LogP) is 2.27. The van der Waals surface area contributed by atoms with E-state index in [2.05, 4.69) is 4.99 Å². The Morgan fingerprint density at radius 1 is 1.24 bits per heavy atom. The van der Waals surface area contributed by atoms with Gasteiger partial charge >= 0.3 is 5.69 Å². The highest BCUT2D eigenvalue weighted by molar-refractivity contribution is 7.99. The number of nitriles is 2. The number of fused-ring (bicyclic) bond motifs is 2. The Labute approximate surface area is 147 Å². The highest BCUT2D eigenvalue weighted by atomic mass is 32.2. The molecule has 7 nitrogen and oxygen atoms in total. The van der Waals surface area contributed by atoms with Gasteiger partial charge in [0.05, 0.1) is 16.0 Å². The first-order chi connectivity index (χ1) is 12.0. The summed E-state index contributed by atoms with van der Waals surface area (Å²) in [7, 11) is 3.49. The standard InChI is InChI=1S/C17H11N5O2S/c1-21(2)14-6-5-13-17(16(14)22(23)24)25-15-7-10(11(8-18)9-19)3-4-12(15)20-13/h3-7H,1-2H3. The van der Waals surface area contributed by atoms with Crippen LogP contribution in [0.15, 0.2) is 45.1 Å². The lowest BCUT2D eigenvalue weighted by Crippen LogP contribution is -2.16. The van der Waals surface area contributed by atoms with Gasteiger partial charge in [-0.3, -0.25) is 10.1 Å². The average Bonchev–Trinajstić information content (AvgIpc) is 2.59. The van der Waals surface area contributed by atoms with Gasteiger partial charge in [0, 0.05) is 24.2 Å². The number of hydrogen-bond acceptors (Lipinski definition) is 7. The molecule has 1 aliphatic rings. The van der Waals surface area contributed by atoms with Crippen molar-refractivity contribution in [3.63, 3.8) is 0 Å². The Balaban J connectivity index is 2.29. The molecule has 0 saturated heterocycles. The lowest BCUT2D eigenvalue weighted by atomic mass is 10.2. The lowest BCUT2D eigenvalue weighted by Gasteiger charge is -2.18. The molecule has 2 aromatic rings. The normalized spacial score (nSPS) is 11.2. The van der Waals surface area contributed by atoms with E-state index in [9.17, 15) is 10.1 Å². The van der Waals surface area contributed by atoms with Crippen LogP contribution in [0.25, 0.3) is 5.57 Å². The maximum absolute atomic E-state index is 11.6. The Hall–Kier alpha value is -3.36. The average molecular weight is 349 g/mol. The number of nitro benzene ring substituents is 1. The van der Waals surface area contributed by atoms with Crippen LogP contribution in [0.2, 0.25) is 0 Å². The van der Waals surface area contributed by atoms with Gasteiger partial charge in [-0.15, -0.1) is 0 Å². The van der Waals surface area contributed by atoms with E-state index in [1.165, 1.54) is 11.8 Å². The minimum atomic E-state index is -0.409. The van der Waals surface area contributed by atoms with Crippen LogP contribution in [0.4, 0.5) is 17.1 Å². The van der Waals surface area contributed by atoms with Crippen LogP contribution in [-0.4, -0.2) is 19.0 Å². The molecule has 122 valence electrons. The monoisotopic (exact) mass is 349 g/mol. The van der Waals surface area contributed by atoms with E-state index in [1.807, 2.05) is 12.1 Å². The molecule has 8 heteroatoms. The van der Waals surface area contributed by atoms with Crippen molar-refractivity contribution in [1.29, 1.82) is 10.5 Å². The van der Waals surface area contributed by atoms with E-state index >= 15 is 0 Å². The minimum absolute atomic E-state index is 0.00271. The third kappa shape index (κ3) is 2.80. The van der Waals surface area contributed by atoms with Gasteiger partial charge in [-0.1, -0.05) is 17.8 Å². The van der Waals surface area contributed by atoms with Gasteiger partial charge in [-0.2, -0.15) is 10.5 Å². The first kappa shape index (κ1) is 16.5. The van der Waals surface area contributed by atoms with E-state index in [1.54, 1.807) is 49.3 Å². The molecule has 0 amide bonds. The summed E-state index contributed by atoms with van der Waals surface area (Å²) in [4.78, 5) is 18.5. The molecule has 0 aromatic heterocycles. The van der Waals surface area contributed by atoms with Crippen molar-refractivity contribution in [2.75, 3.05) is 19.0 Å². The number of hydrogen-bond donors (Lipinski definition) is 0. The maximum Gasteiger partial charge on any atom is 0.308 e. The molecular formula is C17H11N5O2S. The van der Waals surface area contributed by atoms with E-state index in [0.29, 0.717) is 31.7 Å². The molecule has 0 spiro atoms. The predicted molar refractivity (Wildman–Crippen MR) is 93.1 cm³/mol. The van der Waals surface area contributed by atoms with Crippen molar-refractivity contribution in [2.45, 2.75) is 9.79 Å². The molecule has 0 aliphatic carbocycles. The fourth-order valence-electron chi connectivity index (χ4n) is 2.51. The quantitative estimate of drug-likeness (QED) is 0.519.